The number of para-hydroxylation sites is 1. The van der Waals surface area contributed by atoms with Gasteiger partial charge in [0.25, 0.3) is 5.91 Å². The average Bonchev–Trinajstić information content (AvgIpc) is 3.43. The molecule has 0 spiro atoms. The molecule has 2 aromatic heterocycles. The van der Waals surface area contributed by atoms with Crippen LogP contribution in [0.4, 0.5) is 9.18 Å². The molecule has 0 saturated carbocycles. The Morgan fingerprint density at radius 1 is 1.17 bits per heavy atom. The fraction of sp³-hybridized carbons (Fsp3) is 0.136. The van der Waals surface area contributed by atoms with Crippen molar-refractivity contribution in [2.75, 3.05) is 0 Å². The zero-order valence-electron chi connectivity index (χ0n) is 15.9. The third-order valence-electron chi connectivity index (χ3n) is 5.16. The van der Waals surface area contributed by atoms with Crippen molar-refractivity contribution < 1.29 is 18.4 Å². The highest BCUT2D eigenvalue weighted by atomic mass is 32.1. The van der Waals surface area contributed by atoms with Crippen LogP contribution in [0.25, 0.3) is 21.5 Å². The molecule has 0 bridgehead atoms. The van der Waals surface area contributed by atoms with Crippen molar-refractivity contribution in [3.63, 3.8) is 0 Å². The van der Waals surface area contributed by atoms with Crippen molar-refractivity contribution in [2.24, 2.45) is 0 Å². The van der Waals surface area contributed by atoms with Crippen LogP contribution in [-0.2, 0) is 16.9 Å². The van der Waals surface area contributed by atoms with Crippen LogP contribution in [0.3, 0.4) is 0 Å². The van der Waals surface area contributed by atoms with Crippen molar-refractivity contribution in [1.82, 2.24) is 15.2 Å². The van der Waals surface area contributed by atoms with Crippen molar-refractivity contribution in [3.05, 3.63) is 77.2 Å². The minimum Gasteiger partial charge on any atom is -0.458 e. The van der Waals surface area contributed by atoms with E-state index in [9.17, 15) is 14.0 Å². The van der Waals surface area contributed by atoms with E-state index in [1.807, 2.05) is 24.3 Å². The summed E-state index contributed by atoms with van der Waals surface area (Å²) in [6.45, 7) is 1.67. The van der Waals surface area contributed by atoms with E-state index in [4.69, 9.17) is 4.42 Å². The smallest absolute Gasteiger partial charge is 0.325 e. The van der Waals surface area contributed by atoms with Crippen LogP contribution >= 0.6 is 11.3 Å². The summed E-state index contributed by atoms with van der Waals surface area (Å²) in [6, 6.07) is 14.7. The van der Waals surface area contributed by atoms with Crippen LogP contribution in [0.1, 0.15) is 18.4 Å². The van der Waals surface area contributed by atoms with Crippen LogP contribution in [0.2, 0.25) is 0 Å². The predicted molar refractivity (Wildman–Crippen MR) is 110 cm³/mol. The number of furan rings is 1. The number of aromatic nitrogens is 1. The van der Waals surface area contributed by atoms with Gasteiger partial charge in [-0.05, 0) is 43.3 Å². The molecule has 0 radical (unpaired) electrons. The molecular weight excluding hydrogens is 405 g/mol. The Kier molecular flexibility index (Phi) is 4.18. The van der Waals surface area contributed by atoms with Crippen LogP contribution in [-0.4, -0.2) is 21.8 Å². The lowest BCUT2D eigenvalue weighted by atomic mass is 9.99. The van der Waals surface area contributed by atoms with E-state index in [1.165, 1.54) is 23.5 Å². The quantitative estimate of drug-likeness (QED) is 0.486. The number of nitrogens with one attached hydrogen (secondary N) is 1. The number of hydrogen-bond donors (Lipinski definition) is 1. The Hall–Kier alpha value is -3.52. The van der Waals surface area contributed by atoms with Gasteiger partial charge in [0.15, 0.2) is 5.54 Å². The molecule has 5 rings (SSSR count). The van der Waals surface area contributed by atoms with Crippen molar-refractivity contribution in [3.8, 4) is 10.6 Å². The molecule has 0 aliphatic carbocycles. The van der Waals surface area contributed by atoms with Gasteiger partial charge in [-0.1, -0.05) is 18.2 Å². The highest BCUT2D eigenvalue weighted by molar-refractivity contribution is 7.13. The zero-order chi connectivity index (χ0) is 20.9. The number of carbonyl (C=O) groups is 2. The standard InChI is InChI=1S/C22H16FN3O3S/c1-22(18-10-14-4-2-3-5-17(14)29-18)20(27)26(21(28)25-22)11-16-12-30-19(24-16)13-6-8-15(23)9-7-13/h2-10,12H,11H2,1H3,(H,25,28). The molecule has 1 fully saturated rings. The fourth-order valence-electron chi connectivity index (χ4n) is 3.50. The summed E-state index contributed by atoms with van der Waals surface area (Å²) < 4.78 is 19.0. The summed E-state index contributed by atoms with van der Waals surface area (Å²) in [5.41, 5.74) is 0.720. The topological polar surface area (TPSA) is 75.4 Å². The predicted octanol–water partition coefficient (Wildman–Crippen LogP) is 4.66. The van der Waals surface area contributed by atoms with Crippen LogP contribution in [0, 0.1) is 5.82 Å². The summed E-state index contributed by atoms with van der Waals surface area (Å²) in [5.74, 6) is -0.336. The molecule has 1 unspecified atom stereocenters. The summed E-state index contributed by atoms with van der Waals surface area (Å²) in [5, 5.41) is 6.09. The minimum absolute atomic E-state index is 0.0399. The molecule has 2 aromatic carbocycles. The molecule has 1 N–H and O–H groups in total. The molecule has 8 heteroatoms. The van der Waals surface area contributed by atoms with E-state index < -0.39 is 17.5 Å². The van der Waals surface area contributed by atoms with Gasteiger partial charge in [-0.2, -0.15) is 0 Å². The Labute approximate surface area is 174 Å². The maximum absolute atomic E-state index is 13.2. The van der Waals surface area contributed by atoms with Gasteiger partial charge in [-0.25, -0.2) is 14.2 Å². The van der Waals surface area contributed by atoms with Crippen LogP contribution in [0.5, 0.6) is 0 Å². The Bertz CT molecular complexity index is 1250. The lowest BCUT2D eigenvalue weighted by Gasteiger charge is -2.18. The number of fused-ring (bicyclic) bond motifs is 1. The van der Waals surface area contributed by atoms with Crippen molar-refractivity contribution in [2.45, 2.75) is 19.0 Å². The summed E-state index contributed by atoms with van der Waals surface area (Å²) >= 11 is 1.37. The van der Waals surface area contributed by atoms with Gasteiger partial charge in [0.1, 0.15) is 22.2 Å². The first-order chi connectivity index (χ1) is 14.4. The number of imide groups is 1. The van der Waals surface area contributed by atoms with E-state index in [-0.39, 0.29) is 12.4 Å². The summed E-state index contributed by atoms with van der Waals surface area (Å²) in [6.07, 6.45) is 0. The molecule has 1 aliphatic rings. The number of halogens is 1. The third kappa shape index (κ3) is 2.96. The second-order valence-corrected chi connectivity index (χ2v) is 8.10. The third-order valence-corrected chi connectivity index (χ3v) is 6.10. The molecular formula is C22H16FN3O3S. The molecule has 6 nitrogen and oxygen atoms in total. The number of urea groups is 1. The lowest BCUT2D eigenvalue weighted by Crippen LogP contribution is -2.40. The number of nitrogens with zero attached hydrogens (tertiary/aromatic N) is 2. The normalized spacial score (nSPS) is 18.9. The van der Waals surface area contributed by atoms with E-state index in [2.05, 4.69) is 10.3 Å². The van der Waals surface area contributed by atoms with Gasteiger partial charge >= 0.3 is 6.03 Å². The van der Waals surface area contributed by atoms with Gasteiger partial charge in [-0.3, -0.25) is 9.69 Å². The van der Waals surface area contributed by atoms with E-state index in [0.717, 1.165) is 15.8 Å². The highest BCUT2D eigenvalue weighted by Gasteiger charge is 2.51. The van der Waals surface area contributed by atoms with E-state index >= 15 is 0 Å². The number of thiazole rings is 1. The number of benzene rings is 2. The van der Waals surface area contributed by atoms with E-state index in [1.54, 1.807) is 30.5 Å². The number of rotatable bonds is 4. The molecule has 3 heterocycles. The molecule has 4 aromatic rings. The first kappa shape index (κ1) is 18.5. The second-order valence-electron chi connectivity index (χ2n) is 7.25. The van der Waals surface area contributed by atoms with Crippen LogP contribution < -0.4 is 5.32 Å². The molecule has 1 saturated heterocycles. The Morgan fingerprint density at radius 2 is 1.93 bits per heavy atom. The van der Waals surface area contributed by atoms with Crippen LogP contribution in [0.15, 0.2) is 64.4 Å². The van der Waals surface area contributed by atoms with Crippen molar-refractivity contribution >= 4 is 34.2 Å². The maximum Gasteiger partial charge on any atom is 0.325 e. The SMILES string of the molecule is CC1(c2cc3ccccc3o2)NC(=O)N(Cc2csc(-c3ccc(F)cc3)n2)C1=O. The number of amides is 3. The molecule has 150 valence electrons. The monoisotopic (exact) mass is 421 g/mol. The zero-order valence-corrected chi connectivity index (χ0v) is 16.7. The Balaban J connectivity index is 1.40. The van der Waals surface area contributed by atoms with E-state index in [0.29, 0.717) is 22.0 Å². The largest absolute Gasteiger partial charge is 0.458 e. The average molecular weight is 421 g/mol. The van der Waals surface area contributed by atoms with Gasteiger partial charge in [0, 0.05) is 16.3 Å². The molecule has 3 amide bonds. The number of carbonyl (C=O) groups excluding carboxylic acids is 2. The van der Waals surface area contributed by atoms with Gasteiger partial charge < -0.3 is 9.73 Å². The summed E-state index contributed by atoms with van der Waals surface area (Å²) in [4.78, 5) is 31.4. The second kappa shape index (κ2) is 6.77. The highest BCUT2D eigenvalue weighted by Crippen LogP contribution is 2.34. The minimum atomic E-state index is -1.29. The molecule has 1 aliphatic heterocycles. The Morgan fingerprint density at radius 3 is 2.70 bits per heavy atom. The molecule has 1 atom stereocenters. The fourth-order valence-corrected chi connectivity index (χ4v) is 4.32. The van der Waals surface area contributed by atoms with Gasteiger partial charge in [0.2, 0.25) is 0 Å². The van der Waals surface area contributed by atoms with Gasteiger partial charge in [0.05, 0.1) is 12.2 Å². The van der Waals surface area contributed by atoms with Gasteiger partial charge in [-0.15, -0.1) is 11.3 Å². The maximum atomic E-state index is 13.2. The summed E-state index contributed by atoms with van der Waals surface area (Å²) in [7, 11) is 0. The lowest BCUT2D eigenvalue weighted by molar-refractivity contribution is -0.132. The number of hydrogen-bond acceptors (Lipinski definition) is 5. The first-order valence-corrected chi connectivity index (χ1v) is 10.2. The molecule has 30 heavy (non-hydrogen) atoms. The first-order valence-electron chi connectivity index (χ1n) is 9.27. The van der Waals surface area contributed by atoms with Crippen molar-refractivity contribution in [1.29, 1.82) is 0 Å².